The van der Waals surface area contributed by atoms with E-state index in [9.17, 15) is 0 Å². The molecule has 0 bridgehead atoms. The molecule has 5 nitrogen and oxygen atoms in total. The average Bonchev–Trinajstić information content (AvgIpc) is 2.37. The topological polar surface area (TPSA) is 61.2 Å². The lowest BCUT2D eigenvalue weighted by Crippen LogP contribution is -2.74. The molecule has 5 heteroatoms. The highest BCUT2D eigenvalue weighted by atomic mass is 16.5. The van der Waals surface area contributed by atoms with Crippen molar-refractivity contribution in [1.82, 2.24) is 10.3 Å². The number of hydrogen-bond acceptors (Lipinski definition) is 5. The fourth-order valence-corrected chi connectivity index (χ4v) is 2.48. The van der Waals surface area contributed by atoms with Crippen LogP contribution in [0.2, 0.25) is 0 Å². The number of pyridine rings is 1. The Kier molecular flexibility index (Phi) is 2.46. The van der Waals surface area contributed by atoms with Crippen molar-refractivity contribution in [2.24, 2.45) is 0 Å². The molecule has 1 N–H and O–H groups in total. The second kappa shape index (κ2) is 3.99. The van der Waals surface area contributed by atoms with E-state index in [1.165, 1.54) is 0 Å². The van der Waals surface area contributed by atoms with E-state index >= 15 is 0 Å². The summed E-state index contributed by atoms with van der Waals surface area (Å²) in [6, 6.07) is 5.78. The Bertz CT molecular complexity index is 454. The average molecular weight is 230 g/mol. The third-order valence-electron chi connectivity index (χ3n) is 3.32. The molecule has 0 aromatic carbocycles. The molecule has 3 rings (SSSR count). The van der Waals surface area contributed by atoms with Crippen molar-refractivity contribution in [2.45, 2.75) is 5.54 Å². The maximum Gasteiger partial charge on any atom is 0.146 e. The molecule has 3 heterocycles. The highest BCUT2D eigenvalue weighted by molar-refractivity contribution is 5.56. The minimum absolute atomic E-state index is 0.0719. The van der Waals surface area contributed by atoms with Gasteiger partial charge < -0.3 is 15.0 Å². The number of anilines is 1. The molecule has 88 valence electrons. The minimum Gasteiger partial charge on any atom is -0.378 e. The Morgan fingerprint density at radius 2 is 2.41 bits per heavy atom. The van der Waals surface area contributed by atoms with Gasteiger partial charge in [0.05, 0.1) is 24.3 Å². The summed E-state index contributed by atoms with van der Waals surface area (Å²) in [5.41, 5.74) is 0.710. The number of hydrogen-bond donors (Lipinski definition) is 1. The predicted molar refractivity (Wildman–Crippen MR) is 62.7 cm³/mol. The first-order valence-corrected chi connectivity index (χ1v) is 5.76. The molecule has 1 aromatic heterocycles. The van der Waals surface area contributed by atoms with Gasteiger partial charge in [-0.2, -0.15) is 5.26 Å². The molecule has 1 aromatic rings. The highest BCUT2D eigenvalue weighted by Crippen LogP contribution is 2.29. The van der Waals surface area contributed by atoms with Crippen molar-refractivity contribution < 1.29 is 4.74 Å². The molecule has 0 unspecified atom stereocenters. The van der Waals surface area contributed by atoms with Crippen LogP contribution in [0.25, 0.3) is 0 Å². The van der Waals surface area contributed by atoms with Gasteiger partial charge in [-0.05, 0) is 12.1 Å². The van der Waals surface area contributed by atoms with Gasteiger partial charge in [-0.25, -0.2) is 4.98 Å². The first-order chi connectivity index (χ1) is 8.33. The van der Waals surface area contributed by atoms with Gasteiger partial charge in [0.15, 0.2) is 0 Å². The lowest BCUT2D eigenvalue weighted by atomic mass is 9.89. The number of morpholine rings is 1. The van der Waals surface area contributed by atoms with Crippen LogP contribution in [0, 0.1) is 11.3 Å². The molecule has 2 fully saturated rings. The van der Waals surface area contributed by atoms with Crippen LogP contribution < -0.4 is 10.2 Å². The second-order valence-electron chi connectivity index (χ2n) is 4.60. The fourth-order valence-electron chi connectivity index (χ4n) is 2.48. The summed E-state index contributed by atoms with van der Waals surface area (Å²) >= 11 is 0. The van der Waals surface area contributed by atoms with Crippen LogP contribution in [0.15, 0.2) is 18.3 Å². The number of nitrogens with zero attached hydrogens (tertiary/aromatic N) is 3. The number of nitrogens with one attached hydrogen (secondary N) is 1. The summed E-state index contributed by atoms with van der Waals surface area (Å²) in [6.07, 6.45) is 1.73. The number of rotatable bonds is 1. The van der Waals surface area contributed by atoms with Gasteiger partial charge in [0, 0.05) is 25.8 Å². The summed E-state index contributed by atoms with van der Waals surface area (Å²) < 4.78 is 5.49. The van der Waals surface area contributed by atoms with Gasteiger partial charge in [0.1, 0.15) is 11.9 Å². The molecule has 0 radical (unpaired) electrons. The van der Waals surface area contributed by atoms with Crippen molar-refractivity contribution in [2.75, 3.05) is 37.7 Å². The molecular weight excluding hydrogens is 216 g/mol. The first-order valence-electron chi connectivity index (χ1n) is 5.76. The van der Waals surface area contributed by atoms with Crippen LogP contribution in [-0.2, 0) is 4.74 Å². The molecule has 2 aliphatic heterocycles. The van der Waals surface area contributed by atoms with Crippen molar-refractivity contribution in [3.63, 3.8) is 0 Å². The predicted octanol–water partition coefficient (Wildman–Crippen LogP) is 0.132. The van der Waals surface area contributed by atoms with Gasteiger partial charge in [0.2, 0.25) is 0 Å². The molecule has 2 saturated heterocycles. The number of nitriles is 1. The summed E-state index contributed by atoms with van der Waals surface area (Å²) in [6.45, 7) is 4.16. The standard InChI is InChI=1S/C12H14N4O/c13-6-10-2-1-3-14-11(10)16-7-12(8-16)9-17-5-4-15-12/h1-3,15H,4-5,7-9H2. The Hall–Kier alpha value is -1.64. The van der Waals surface area contributed by atoms with Crippen LogP contribution in [0.5, 0.6) is 0 Å². The monoisotopic (exact) mass is 230 g/mol. The van der Waals surface area contributed by atoms with E-state index in [1.807, 2.05) is 0 Å². The summed E-state index contributed by atoms with van der Waals surface area (Å²) in [5, 5.41) is 12.5. The van der Waals surface area contributed by atoms with E-state index in [2.05, 4.69) is 21.3 Å². The maximum atomic E-state index is 9.03. The van der Waals surface area contributed by atoms with Gasteiger partial charge in [-0.3, -0.25) is 0 Å². The zero-order chi connectivity index (χ0) is 11.7. The third kappa shape index (κ3) is 1.75. The van der Waals surface area contributed by atoms with Crippen LogP contribution in [-0.4, -0.2) is 43.4 Å². The molecule has 2 aliphatic rings. The van der Waals surface area contributed by atoms with Crippen molar-refractivity contribution in [1.29, 1.82) is 5.26 Å². The number of aromatic nitrogens is 1. The van der Waals surface area contributed by atoms with E-state index in [0.717, 1.165) is 38.7 Å². The van der Waals surface area contributed by atoms with E-state index < -0.39 is 0 Å². The normalized spacial score (nSPS) is 21.9. The largest absolute Gasteiger partial charge is 0.378 e. The summed E-state index contributed by atoms with van der Waals surface area (Å²) in [4.78, 5) is 6.41. The molecule has 1 spiro atoms. The van der Waals surface area contributed by atoms with E-state index in [4.69, 9.17) is 10.00 Å². The lowest BCUT2D eigenvalue weighted by molar-refractivity contribution is 0.0134. The Balaban J connectivity index is 1.74. The third-order valence-corrected chi connectivity index (χ3v) is 3.32. The van der Waals surface area contributed by atoms with Crippen LogP contribution in [0.1, 0.15) is 5.56 Å². The zero-order valence-corrected chi connectivity index (χ0v) is 9.52. The molecule has 17 heavy (non-hydrogen) atoms. The van der Waals surface area contributed by atoms with Crippen molar-refractivity contribution in [3.8, 4) is 6.07 Å². The number of ether oxygens (including phenoxy) is 1. The van der Waals surface area contributed by atoms with E-state index in [1.54, 1.807) is 18.3 Å². The van der Waals surface area contributed by atoms with Gasteiger partial charge in [0.25, 0.3) is 0 Å². The second-order valence-corrected chi connectivity index (χ2v) is 4.60. The molecule has 0 atom stereocenters. The van der Waals surface area contributed by atoms with Crippen molar-refractivity contribution in [3.05, 3.63) is 23.9 Å². The van der Waals surface area contributed by atoms with Gasteiger partial charge in [-0.1, -0.05) is 0 Å². The molecule has 0 aliphatic carbocycles. The van der Waals surface area contributed by atoms with Crippen LogP contribution in [0.3, 0.4) is 0 Å². The SMILES string of the molecule is N#Cc1cccnc1N1CC2(COCCN2)C1. The Labute approximate surface area is 100 Å². The van der Waals surface area contributed by atoms with E-state index in [-0.39, 0.29) is 5.54 Å². The zero-order valence-electron chi connectivity index (χ0n) is 9.52. The van der Waals surface area contributed by atoms with Gasteiger partial charge in [-0.15, -0.1) is 0 Å². The van der Waals surface area contributed by atoms with Crippen molar-refractivity contribution >= 4 is 5.82 Å². The van der Waals surface area contributed by atoms with Crippen LogP contribution >= 0.6 is 0 Å². The fraction of sp³-hybridized carbons (Fsp3) is 0.500. The maximum absolute atomic E-state index is 9.03. The Morgan fingerprint density at radius 1 is 1.53 bits per heavy atom. The summed E-state index contributed by atoms with van der Waals surface area (Å²) in [5.74, 6) is 0.785. The molecule has 0 saturated carbocycles. The minimum atomic E-state index is 0.0719. The smallest absolute Gasteiger partial charge is 0.146 e. The van der Waals surface area contributed by atoms with Gasteiger partial charge >= 0.3 is 0 Å². The first kappa shape index (κ1) is 10.5. The highest BCUT2D eigenvalue weighted by Gasteiger charge is 2.45. The molecular formula is C12H14N4O. The van der Waals surface area contributed by atoms with Crippen LogP contribution in [0.4, 0.5) is 5.82 Å². The van der Waals surface area contributed by atoms with E-state index in [0.29, 0.717) is 5.56 Å². The molecule has 0 amide bonds. The quantitative estimate of drug-likeness (QED) is 0.743. The summed E-state index contributed by atoms with van der Waals surface area (Å²) in [7, 11) is 0. The lowest BCUT2D eigenvalue weighted by Gasteiger charge is -2.52. The Morgan fingerprint density at radius 3 is 3.12 bits per heavy atom.